The van der Waals surface area contributed by atoms with Gasteiger partial charge in [0.25, 0.3) is 0 Å². The topological polar surface area (TPSA) is 78.3 Å². The van der Waals surface area contributed by atoms with Crippen LogP contribution in [0.3, 0.4) is 0 Å². The van der Waals surface area contributed by atoms with Gasteiger partial charge in [-0.25, -0.2) is 0 Å². The predicted octanol–water partition coefficient (Wildman–Crippen LogP) is 3.06. The van der Waals surface area contributed by atoms with E-state index in [1.54, 1.807) is 6.20 Å². The van der Waals surface area contributed by atoms with E-state index in [9.17, 15) is 10.1 Å². The predicted molar refractivity (Wildman–Crippen MR) is 116 cm³/mol. The normalized spacial score (nSPS) is 18.7. The van der Waals surface area contributed by atoms with Crippen molar-refractivity contribution in [1.29, 1.82) is 5.26 Å². The Kier molecular flexibility index (Phi) is 5.92. The number of hydrogen-bond donors (Lipinski definition) is 1. The van der Waals surface area contributed by atoms with Gasteiger partial charge in [0.1, 0.15) is 6.07 Å². The van der Waals surface area contributed by atoms with Crippen molar-refractivity contribution in [1.82, 2.24) is 10.3 Å². The highest BCUT2D eigenvalue weighted by Gasteiger charge is 2.27. The zero-order chi connectivity index (χ0) is 20.9. The van der Waals surface area contributed by atoms with Gasteiger partial charge in [0.2, 0.25) is 5.91 Å². The third kappa shape index (κ3) is 4.42. The SMILES string of the molecule is C[C@@H]1CN(c2ccc(C#N)c3ncccc23)C[C@H](CNC(=O)Cc2ccccc2)O1. The first-order valence-corrected chi connectivity index (χ1v) is 10.1. The highest BCUT2D eigenvalue weighted by molar-refractivity contribution is 5.95. The minimum absolute atomic E-state index is 0.0115. The van der Waals surface area contributed by atoms with Gasteiger partial charge in [-0.15, -0.1) is 0 Å². The summed E-state index contributed by atoms with van der Waals surface area (Å²) in [5.74, 6) is -0.0115. The van der Waals surface area contributed by atoms with E-state index in [2.05, 4.69) is 21.3 Å². The standard InChI is InChI=1S/C24H24N4O2/c1-17-15-28(22-10-9-19(13-25)24-21(22)8-5-11-26-24)16-20(30-17)14-27-23(29)12-18-6-3-2-4-7-18/h2-11,17,20H,12,14-16H2,1H3,(H,27,29)/t17-,20+/m1/s1. The van der Waals surface area contributed by atoms with E-state index in [1.165, 1.54) is 0 Å². The number of pyridine rings is 1. The lowest BCUT2D eigenvalue weighted by Gasteiger charge is -2.38. The van der Waals surface area contributed by atoms with Crippen LogP contribution in [0.2, 0.25) is 0 Å². The van der Waals surface area contributed by atoms with Crippen LogP contribution in [0.5, 0.6) is 0 Å². The molecule has 1 amide bonds. The first-order valence-electron chi connectivity index (χ1n) is 10.1. The van der Waals surface area contributed by atoms with Crippen molar-refractivity contribution in [3.63, 3.8) is 0 Å². The number of benzene rings is 2. The fourth-order valence-corrected chi connectivity index (χ4v) is 3.95. The molecular weight excluding hydrogens is 376 g/mol. The summed E-state index contributed by atoms with van der Waals surface area (Å²) < 4.78 is 6.07. The molecule has 0 bridgehead atoms. The maximum atomic E-state index is 12.3. The second-order valence-corrected chi connectivity index (χ2v) is 7.58. The van der Waals surface area contributed by atoms with E-state index in [1.807, 2.05) is 61.5 Å². The molecule has 152 valence electrons. The molecule has 2 atom stereocenters. The molecule has 1 aliphatic heterocycles. The van der Waals surface area contributed by atoms with Crippen LogP contribution < -0.4 is 10.2 Å². The number of hydrogen-bond acceptors (Lipinski definition) is 5. The average molecular weight is 400 g/mol. The van der Waals surface area contributed by atoms with Gasteiger partial charge in [-0.2, -0.15) is 5.26 Å². The molecule has 6 nitrogen and oxygen atoms in total. The summed E-state index contributed by atoms with van der Waals surface area (Å²) in [6, 6.07) is 19.6. The highest BCUT2D eigenvalue weighted by atomic mass is 16.5. The number of anilines is 1. The number of carbonyl (C=O) groups is 1. The minimum atomic E-state index is -0.115. The van der Waals surface area contributed by atoms with Crippen molar-refractivity contribution in [3.05, 3.63) is 71.9 Å². The molecule has 1 fully saturated rings. The van der Waals surface area contributed by atoms with Crippen LogP contribution in [0.4, 0.5) is 5.69 Å². The molecule has 2 aromatic carbocycles. The zero-order valence-corrected chi connectivity index (χ0v) is 16.9. The second kappa shape index (κ2) is 8.93. The Morgan fingerprint density at radius 3 is 2.83 bits per heavy atom. The Hall–Kier alpha value is -3.43. The smallest absolute Gasteiger partial charge is 0.224 e. The summed E-state index contributed by atoms with van der Waals surface area (Å²) in [6.07, 6.45) is 1.98. The molecule has 0 spiro atoms. The maximum Gasteiger partial charge on any atom is 0.224 e. The molecule has 1 saturated heterocycles. The number of nitrogens with zero attached hydrogens (tertiary/aromatic N) is 3. The minimum Gasteiger partial charge on any atom is -0.370 e. The van der Waals surface area contributed by atoms with Crippen LogP contribution >= 0.6 is 0 Å². The lowest BCUT2D eigenvalue weighted by molar-refractivity contribution is -0.121. The first-order chi connectivity index (χ1) is 14.6. The maximum absolute atomic E-state index is 12.3. The monoisotopic (exact) mass is 400 g/mol. The number of carbonyl (C=O) groups excluding carboxylic acids is 1. The number of morpholine rings is 1. The van der Waals surface area contributed by atoms with E-state index >= 15 is 0 Å². The molecule has 30 heavy (non-hydrogen) atoms. The van der Waals surface area contributed by atoms with Crippen molar-refractivity contribution in [2.45, 2.75) is 25.6 Å². The number of aromatic nitrogens is 1. The largest absolute Gasteiger partial charge is 0.370 e. The summed E-state index contributed by atoms with van der Waals surface area (Å²) in [7, 11) is 0. The Labute approximate surface area is 176 Å². The van der Waals surface area contributed by atoms with E-state index in [-0.39, 0.29) is 18.1 Å². The van der Waals surface area contributed by atoms with Crippen LogP contribution in [0, 0.1) is 11.3 Å². The molecule has 3 aromatic rings. The molecule has 2 heterocycles. The molecule has 0 radical (unpaired) electrons. The quantitative estimate of drug-likeness (QED) is 0.712. The van der Waals surface area contributed by atoms with Crippen molar-refractivity contribution in [2.75, 3.05) is 24.5 Å². The van der Waals surface area contributed by atoms with Crippen molar-refractivity contribution >= 4 is 22.5 Å². The van der Waals surface area contributed by atoms with Crippen LogP contribution in [0.25, 0.3) is 10.9 Å². The summed E-state index contributed by atoms with van der Waals surface area (Å²) in [4.78, 5) is 19.0. The molecule has 0 aliphatic carbocycles. The lowest BCUT2D eigenvalue weighted by Crippen LogP contribution is -2.51. The Bertz CT molecular complexity index is 1080. The van der Waals surface area contributed by atoms with Gasteiger partial charge in [-0.05, 0) is 36.8 Å². The number of rotatable bonds is 5. The second-order valence-electron chi connectivity index (χ2n) is 7.58. The molecule has 0 saturated carbocycles. The average Bonchev–Trinajstić information content (AvgIpc) is 2.77. The lowest BCUT2D eigenvalue weighted by atomic mass is 10.1. The van der Waals surface area contributed by atoms with E-state index in [4.69, 9.17) is 4.74 Å². The van der Waals surface area contributed by atoms with E-state index in [0.717, 1.165) is 23.2 Å². The van der Waals surface area contributed by atoms with Crippen LogP contribution in [-0.4, -0.2) is 42.7 Å². The molecule has 1 aliphatic rings. The van der Waals surface area contributed by atoms with Crippen molar-refractivity contribution in [3.8, 4) is 6.07 Å². The highest BCUT2D eigenvalue weighted by Crippen LogP contribution is 2.30. The number of nitriles is 1. The van der Waals surface area contributed by atoms with Gasteiger partial charge in [-0.1, -0.05) is 30.3 Å². The number of nitrogens with one attached hydrogen (secondary N) is 1. The van der Waals surface area contributed by atoms with E-state index < -0.39 is 0 Å². The Morgan fingerprint density at radius 2 is 2.03 bits per heavy atom. The first kappa shape index (κ1) is 19.9. The van der Waals surface area contributed by atoms with Crippen LogP contribution in [0.15, 0.2) is 60.8 Å². The number of amides is 1. The fraction of sp³-hybridized carbons (Fsp3) is 0.292. The Balaban J connectivity index is 1.46. The van der Waals surface area contributed by atoms with Gasteiger partial charge >= 0.3 is 0 Å². The number of fused-ring (bicyclic) bond motifs is 1. The van der Waals surface area contributed by atoms with Crippen molar-refractivity contribution in [2.24, 2.45) is 0 Å². The fourth-order valence-electron chi connectivity index (χ4n) is 3.95. The van der Waals surface area contributed by atoms with Crippen LogP contribution in [0.1, 0.15) is 18.1 Å². The van der Waals surface area contributed by atoms with Gasteiger partial charge in [0.15, 0.2) is 0 Å². The summed E-state index contributed by atoms with van der Waals surface area (Å²) in [5.41, 5.74) is 3.31. The zero-order valence-electron chi connectivity index (χ0n) is 16.9. The van der Waals surface area contributed by atoms with Gasteiger partial charge in [-0.3, -0.25) is 9.78 Å². The van der Waals surface area contributed by atoms with Gasteiger partial charge in [0, 0.05) is 36.9 Å². The Morgan fingerprint density at radius 1 is 1.20 bits per heavy atom. The molecular formula is C24H24N4O2. The molecule has 1 aromatic heterocycles. The summed E-state index contributed by atoms with van der Waals surface area (Å²) in [6.45, 7) is 3.89. The molecule has 6 heteroatoms. The summed E-state index contributed by atoms with van der Waals surface area (Å²) >= 11 is 0. The molecule has 4 rings (SSSR count). The summed E-state index contributed by atoms with van der Waals surface area (Å²) in [5, 5.41) is 13.3. The third-order valence-electron chi connectivity index (χ3n) is 5.27. The van der Waals surface area contributed by atoms with Gasteiger partial charge in [0.05, 0.1) is 29.7 Å². The molecule has 0 unspecified atom stereocenters. The molecule has 1 N–H and O–H groups in total. The van der Waals surface area contributed by atoms with E-state index in [0.29, 0.717) is 30.6 Å². The third-order valence-corrected chi connectivity index (χ3v) is 5.27. The van der Waals surface area contributed by atoms with Gasteiger partial charge < -0.3 is 15.0 Å². The van der Waals surface area contributed by atoms with Crippen molar-refractivity contribution < 1.29 is 9.53 Å². The number of ether oxygens (including phenoxy) is 1. The van der Waals surface area contributed by atoms with Crippen LogP contribution in [-0.2, 0) is 16.0 Å².